The van der Waals surface area contributed by atoms with Crippen LogP contribution in [0, 0.1) is 6.92 Å². The smallest absolute Gasteiger partial charge is 0.140 e. The second kappa shape index (κ2) is 6.88. The lowest BCUT2D eigenvalue weighted by molar-refractivity contribution is 0.216. The molecule has 2 rings (SSSR count). The van der Waals surface area contributed by atoms with Gasteiger partial charge in [-0.15, -0.1) is 24.8 Å². The first-order chi connectivity index (χ1) is 6.36. The van der Waals surface area contributed by atoms with Gasteiger partial charge >= 0.3 is 0 Å². The fourth-order valence-electron chi connectivity index (χ4n) is 1.30. The minimum absolute atomic E-state index is 0. The molecule has 0 unspecified atom stereocenters. The molecule has 0 amide bonds. The molecule has 5 heteroatoms. The Kier molecular flexibility index (Phi) is 6.65. The van der Waals surface area contributed by atoms with Crippen LogP contribution in [0.15, 0.2) is 18.3 Å². The highest BCUT2D eigenvalue weighted by Gasteiger charge is 2.16. The van der Waals surface area contributed by atoms with E-state index in [2.05, 4.69) is 10.3 Å². The van der Waals surface area contributed by atoms with Gasteiger partial charge in [0.1, 0.15) is 12.4 Å². The van der Waals surface area contributed by atoms with E-state index in [9.17, 15) is 0 Å². The van der Waals surface area contributed by atoms with Crippen molar-refractivity contribution in [3.05, 3.63) is 24.0 Å². The van der Waals surface area contributed by atoms with Gasteiger partial charge in [0.2, 0.25) is 0 Å². The molecule has 1 fully saturated rings. The van der Waals surface area contributed by atoms with Crippen molar-refractivity contribution in [1.29, 1.82) is 0 Å². The van der Waals surface area contributed by atoms with Gasteiger partial charge in [-0.2, -0.15) is 0 Å². The molecule has 1 aliphatic heterocycles. The molecule has 0 bridgehead atoms. The molecule has 0 radical (unpaired) electrons. The van der Waals surface area contributed by atoms with E-state index < -0.39 is 0 Å². The highest BCUT2D eigenvalue weighted by Crippen LogP contribution is 2.14. The van der Waals surface area contributed by atoms with Crippen molar-refractivity contribution in [2.24, 2.45) is 0 Å². The maximum atomic E-state index is 5.62. The first-order valence-corrected chi connectivity index (χ1v) is 4.64. The Morgan fingerprint density at radius 2 is 2.27 bits per heavy atom. The first-order valence-electron chi connectivity index (χ1n) is 4.64. The zero-order valence-electron chi connectivity index (χ0n) is 8.60. The fraction of sp³-hybridized carbons (Fsp3) is 0.500. The van der Waals surface area contributed by atoms with E-state index in [-0.39, 0.29) is 24.8 Å². The molecule has 0 saturated carbocycles. The van der Waals surface area contributed by atoms with Crippen LogP contribution in [0.1, 0.15) is 12.1 Å². The summed E-state index contributed by atoms with van der Waals surface area (Å²) >= 11 is 0. The highest BCUT2D eigenvalue weighted by atomic mass is 35.5. The van der Waals surface area contributed by atoms with Crippen LogP contribution in [0.2, 0.25) is 0 Å². The van der Waals surface area contributed by atoms with E-state index in [0.717, 1.165) is 24.6 Å². The van der Waals surface area contributed by atoms with Crippen molar-refractivity contribution in [2.75, 3.05) is 13.2 Å². The van der Waals surface area contributed by atoms with Crippen LogP contribution in [0.3, 0.4) is 0 Å². The Balaban J connectivity index is 0.000000980. The maximum absolute atomic E-state index is 5.62. The van der Waals surface area contributed by atoms with Crippen LogP contribution in [0.4, 0.5) is 0 Å². The third kappa shape index (κ3) is 3.86. The molecule has 1 atom stereocenters. The molecule has 1 N–H and O–H groups in total. The van der Waals surface area contributed by atoms with Gasteiger partial charge in [0.15, 0.2) is 0 Å². The molecular formula is C10H16Cl2N2O. The molecule has 1 aromatic rings. The van der Waals surface area contributed by atoms with E-state index in [1.807, 2.05) is 19.1 Å². The Hall–Kier alpha value is -0.510. The molecule has 1 saturated heterocycles. The molecule has 1 aliphatic rings. The zero-order chi connectivity index (χ0) is 9.10. The van der Waals surface area contributed by atoms with E-state index in [1.165, 1.54) is 6.42 Å². The molecule has 86 valence electrons. The standard InChI is InChI=1S/C10H14N2O.2ClH/c1-8-10(3-2-5-11-8)13-7-9-4-6-12-9;;/h2-3,5,9,12H,4,6-7H2,1H3;2*1H/t9-;;/m0../s1. The summed E-state index contributed by atoms with van der Waals surface area (Å²) in [5.41, 5.74) is 0.960. The SMILES string of the molecule is Cc1ncccc1OC[C@@H]1CCN1.Cl.Cl. The van der Waals surface area contributed by atoms with Crippen molar-refractivity contribution in [2.45, 2.75) is 19.4 Å². The van der Waals surface area contributed by atoms with E-state index in [4.69, 9.17) is 4.74 Å². The minimum Gasteiger partial charge on any atom is -0.490 e. The molecule has 15 heavy (non-hydrogen) atoms. The van der Waals surface area contributed by atoms with Crippen LogP contribution in [0.5, 0.6) is 5.75 Å². The van der Waals surface area contributed by atoms with Gasteiger partial charge in [-0.1, -0.05) is 0 Å². The third-order valence-electron chi connectivity index (χ3n) is 2.32. The van der Waals surface area contributed by atoms with E-state index in [0.29, 0.717) is 6.04 Å². The topological polar surface area (TPSA) is 34.1 Å². The Bertz CT molecular complexity index is 293. The van der Waals surface area contributed by atoms with Gasteiger partial charge in [0.25, 0.3) is 0 Å². The van der Waals surface area contributed by atoms with Gasteiger partial charge < -0.3 is 10.1 Å². The van der Waals surface area contributed by atoms with Gasteiger partial charge in [0.05, 0.1) is 5.69 Å². The number of aryl methyl sites for hydroxylation is 1. The number of pyridine rings is 1. The van der Waals surface area contributed by atoms with Crippen molar-refractivity contribution in [3.63, 3.8) is 0 Å². The van der Waals surface area contributed by atoms with Crippen molar-refractivity contribution < 1.29 is 4.74 Å². The lowest BCUT2D eigenvalue weighted by Gasteiger charge is -2.27. The third-order valence-corrected chi connectivity index (χ3v) is 2.32. The van der Waals surface area contributed by atoms with E-state index in [1.54, 1.807) is 6.20 Å². The zero-order valence-corrected chi connectivity index (χ0v) is 10.2. The second-order valence-electron chi connectivity index (χ2n) is 3.34. The quantitative estimate of drug-likeness (QED) is 0.891. The number of aromatic nitrogens is 1. The van der Waals surface area contributed by atoms with Gasteiger partial charge in [-0.3, -0.25) is 4.98 Å². The van der Waals surface area contributed by atoms with Crippen molar-refractivity contribution >= 4 is 24.8 Å². The molecule has 0 aliphatic carbocycles. The van der Waals surface area contributed by atoms with Gasteiger partial charge in [-0.25, -0.2) is 0 Å². The average molecular weight is 251 g/mol. The summed E-state index contributed by atoms with van der Waals surface area (Å²) in [6.07, 6.45) is 3.00. The Morgan fingerprint density at radius 3 is 2.80 bits per heavy atom. The predicted molar refractivity (Wildman–Crippen MR) is 65.4 cm³/mol. The van der Waals surface area contributed by atoms with Crippen LogP contribution >= 0.6 is 24.8 Å². The summed E-state index contributed by atoms with van der Waals surface area (Å²) in [7, 11) is 0. The number of hydrogen-bond donors (Lipinski definition) is 1. The molecule has 1 aromatic heterocycles. The lowest BCUT2D eigenvalue weighted by atomic mass is 10.1. The monoisotopic (exact) mass is 250 g/mol. The summed E-state index contributed by atoms with van der Waals surface area (Å²) in [5.74, 6) is 0.899. The molecule has 0 spiro atoms. The van der Waals surface area contributed by atoms with Crippen molar-refractivity contribution in [1.82, 2.24) is 10.3 Å². The van der Waals surface area contributed by atoms with Gasteiger partial charge in [-0.05, 0) is 32.0 Å². The van der Waals surface area contributed by atoms with Crippen LogP contribution in [-0.4, -0.2) is 24.2 Å². The molecule has 2 heterocycles. The summed E-state index contributed by atoms with van der Waals surface area (Å²) in [4.78, 5) is 4.16. The van der Waals surface area contributed by atoms with Crippen LogP contribution < -0.4 is 10.1 Å². The highest BCUT2D eigenvalue weighted by molar-refractivity contribution is 5.85. The average Bonchev–Trinajstić information content (AvgIpc) is 2.05. The molecule has 0 aromatic carbocycles. The number of nitrogens with one attached hydrogen (secondary N) is 1. The van der Waals surface area contributed by atoms with E-state index >= 15 is 0 Å². The normalized spacial score (nSPS) is 18.1. The number of hydrogen-bond acceptors (Lipinski definition) is 3. The Morgan fingerprint density at radius 1 is 1.53 bits per heavy atom. The minimum atomic E-state index is 0. The maximum Gasteiger partial charge on any atom is 0.140 e. The van der Waals surface area contributed by atoms with Crippen molar-refractivity contribution in [3.8, 4) is 5.75 Å². The fourth-order valence-corrected chi connectivity index (χ4v) is 1.30. The molecule has 3 nitrogen and oxygen atoms in total. The number of nitrogens with zero attached hydrogens (tertiary/aromatic N) is 1. The Labute approximate surface area is 102 Å². The largest absolute Gasteiger partial charge is 0.490 e. The van der Waals surface area contributed by atoms with Crippen LogP contribution in [0.25, 0.3) is 0 Å². The van der Waals surface area contributed by atoms with Crippen LogP contribution in [-0.2, 0) is 0 Å². The van der Waals surface area contributed by atoms with Gasteiger partial charge in [0, 0.05) is 12.2 Å². The first kappa shape index (κ1) is 14.5. The summed E-state index contributed by atoms with van der Waals surface area (Å²) < 4.78 is 5.62. The summed E-state index contributed by atoms with van der Waals surface area (Å²) in [6.45, 7) is 3.84. The number of ether oxygens (including phenoxy) is 1. The number of rotatable bonds is 3. The second-order valence-corrected chi connectivity index (χ2v) is 3.34. The number of halogens is 2. The predicted octanol–water partition coefficient (Wildman–Crippen LogP) is 1.97. The summed E-state index contributed by atoms with van der Waals surface area (Å²) in [5, 5.41) is 3.29. The summed E-state index contributed by atoms with van der Waals surface area (Å²) in [6, 6.07) is 4.40. The lowest BCUT2D eigenvalue weighted by Crippen LogP contribution is -2.46. The molecular weight excluding hydrogens is 235 g/mol.